The van der Waals surface area contributed by atoms with Crippen LogP contribution in [0.5, 0.6) is 11.6 Å². The number of methoxy groups -OCH3 is 1. The minimum absolute atomic E-state index is 0. The first-order chi connectivity index (χ1) is 11.9. The van der Waals surface area contributed by atoms with Crippen LogP contribution in [0, 0.1) is 0 Å². The lowest BCUT2D eigenvalue weighted by Crippen LogP contribution is -2.31. The van der Waals surface area contributed by atoms with Crippen LogP contribution in [-0.2, 0) is 13.1 Å². The molecule has 1 heterocycles. The average molecular weight is 482 g/mol. The molecule has 0 unspecified atom stereocenters. The van der Waals surface area contributed by atoms with Gasteiger partial charge in [-0.1, -0.05) is 18.2 Å². The molecule has 0 saturated carbocycles. The fourth-order valence-electron chi connectivity index (χ4n) is 1.86. The smallest absolute Gasteiger partial charge is 0.481 e. The van der Waals surface area contributed by atoms with Crippen LogP contribution in [0.1, 0.15) is 11.1 Å². The molecule has 1 aromatic carbocycles. The Labute approximate surface area is 165 Å². The predicted molar refractivity (Wildman–Crippen MR) is 101 cm³/mol. The Hall–Kier alpha value is -2.24. The number of nitrogens with zero attached hydrogens (tertiary/aromatic N) is 2. The molecule has 0 spiro atoms. The summed E-state index contributed by atoms with van der Waals surface area (Å²) in [4.78, 5) is 8.22. The fourth-order valence-corrected chi connectivity index (χ4v) is 1.86. The molecule has 6 nitrogen and oxygen atoms in total. The zero-order valence-electron chi connectivity index (χ0n) is 13.8. The summed E-state index contributed by atoms with van der Waals surface area (Å²) in [5.74, 6) is 0.452. The Bertz CT molecular complexity index is 707. The van der Waals surface area contributed by atoms with Crippen molar-refractivity contribution in [3.05, 3.63) is 53.7 Å². The van der Waals surface area contributed by atoms with E-state index in [0.29, 0.717) is 19.0 Å². The van der Waals surface area contributed by atoms with Crippen LogP contribution < -0.4 is 20.5 Å². The van der Waals surface area contributed by atoms with Gasteiger partial charge >= 0.3 is 6.36 Å². The van der Waals surface area contributed by atoms with E-state index in [2.05, 4.69) is 20.0 Å². The number of nitrogens with two attached hydrogens (primary N) is 1. The highest BCUT2D eigenvalue weighted by atomic mass is 127. The van der Waals surface area contributed by atoms with Gasteiger partial charge in [0.2, 0.25) is 5.88 Å². The molecule has 10 heteroatoms. The molecule has 142 valence electrons. The summed E-state index contributed by atoms with van der Waals surface area (Å²) in [6.45, 7) is 0.663. The fraction of sp³-hybridized carbons (Fsp3) is 0.250. The number of rotatable bonds is 6. The average Bonchev–Trinajstić information content (AvgIpc) is 2.58. The lowest BCUT2D eigenvalue weighted by Gasteiger charge is -2.10. The Kier molecular flexibility index (Phi) is 8.42. The van der Waals surface area contributed by atoms with E-state index in [9.17, 15) is 13.2 Å². The molecule has 0 radical (unpaired) electrons. The highest BCUT2D eigenvalue weighted by molar-refractivity contribution is 14.0. The summed E-state index contributed by atoms with van der Waals surface area (Å²) in [5.41, 5.74) is 7.35. The van der Waals surface area contributed by atoms with Crippen molar-refractivity contribution in [2.24, 2.45) is 10.7 Å². The topological polar surface area (TPSA) is 81.8 Å². The molecular weight excluding hydrogens is 464 g/mol. The van der Waals surface area contributed by atoms with Gasteiger partial charge in [0, 0.05) is 18.8 Å². The zero-order valence-corrected chi connectivity index (χ0v) is 16.1. The first kappa shape index (κ1) is 21.8. The first-order valence-electron chi connectivity index (χ1n) is 7.23. The van der Waals surface area contributed by atoms with Crippen LogP contribution >= 0.6 is 24.0 Å². The summed E-state index contributed by atoms with van der Waals surface area (Å²) in [6.07, 6.45) is -3.07. The largest absolute Gasteiger partial charge is 0.573 e. The van der Waals surface area contributed by atoms with E-state index in [1.165, 1.54) is 31.4 Å². The second-order valence-electron chi connectivity index (χ2n) is 4.96. The number of aromatic nitrogens is 1. The van der Waals surface area contributed by atoms with Gasteiger partial charge in [0.1, 0.15) is 5.75 Å². The van der Waals surface area contributed by atoms with Crippen LogP contribution in [0.15, 0.2) is 47.6 Å². The normalized spacial score (nSPS) is 11.5. The quantitative estimate of drug-likeness (QED) is 0.376. The van der Waals surface area contributed by atoms with Crippen LogP contribution in [-0.4, -0.2) is 24.4 Å². The Morgan fingerprint density at radius 2 is 1.81 bits per heavy atom. The number of ether oxygens (including phenoxy) is 2. The lowest BCUT2D eigenvalue weighted by molar-refractivity contribution is -0.274. The number of alkyl halides is 3. The third-order valence-corrected chi connectivity index (χ3v) is 3.07. The number of nitrogens with one attached hydrogen (secondary N) is 1. The second-order valence-corrected chi connectivity index (χ2v) is 4.96. The van der Waals surface area contributed by atoms with Crippen molar-refractivity contribution in [3.8, 4) is 11.6 Å². The minimum Gasteiger partial charge on any atom is -0.481 e. The van der Waals surface area contributed by atoms with Crippen LogP contribution in [0.25, 0.3) is 0 Å². The third kappa shape index (κ3) is 7.76. The van der Waals surface area contributed by atoms with E-state index in [1.54, 1.807) is 12.3 Å². The van der Waals surface area contributed by atoms with Gasteiger partial charge in [0.25, 0.3) is 0 Å². The van der Waals surface area contributed by atoms with Gasteiger partial charge in [-0.3, -0.25) is 0 Å². The standard InChI is InChI=1S/C16H17F3N4O2.HI/c1-24-14-7-4-12(9-21-14)10-23-15(20)22-8-11-2-5-13(6-3-11)25-16(17,18)19;/h2-7,9H,8,10H2,1H3,(H3,20,22,23);1H. The summed E-state index contributed by atoms with van der Waals surface area (Å²) >= 11 is 0. The molecule has 2 rings (SSSR count). The molecule has 0 amide bonds. The molecule has 0 bridgehead atoms. The van der Waals surface area contributed by atoms with Crippen molar-refractivity contribution in [1.29, 1.82) is 0 Å². The molecule has 0 fully saturated rings. The van der Waals surface area contributed by atoms with E-state index in [4.69, 9.17) is 10.5 Å². The maximum absolute atomic E-state index is 12.1. The number of hydrogen-bond donors (Lipinski definition) is 2. The SMILES string of the molecule is COc1ccc(CN=C(N)NCc2ccc(OC(F)(F)F)cc2)cn1.I. The summed E-state index contributed by atoms with van der Waals surface area (Å²) in [7, 11) is 1.53. The highest BCUT2D eigenvalue weighted by Crippen LogP contribution is 2.22. The molecule has 26 heavy (non-hydrogen) atoms. The van der Waals surface area contributed by atoms with E-state index < -0.39 is 6.36 Å². The molecule has 0 aliphatic rings. The Morgan fingerprint density at radius 3 is 2.35 bits per heavy atom. The van der Waals surface area contributed by atoms with Gasteiger partial charge in [-0.25, -0.2) is 9.98 Å². The van der Waals surface area contributed by atoms with Gasteiger partial charge in [-0.2, -0.15) is 0 Å². The molecular formula is C16H18F3IN4O2. The molecule has 3 N–H and O–H groups in total. The van der Waals surface area contributed by atoms with E-state index in [0.717, 1.165) is 11.1 Å². The van der Waals surface area contributed by atoms with Crippen molar-refractivity contribution >= 4 is 29.9 Å². The van der Waals surface area contributed by atoms with E-state index in [-0.39, 0.29) is 35.7 Å². The number of aliphatic imine (C=N–C) groups is 1. The van der Waals surface area contributed by atoms with Gasteiger partial charge in [0.05, 0.1) is 13.7 Å². The van der Waals surface area contributed by atoms with E-state index in [1.807, 2.05) is 6.07 Å². The van der Waals surface area contributed by atoms with Crippen molar-refractivity contribution < 1.29 is 22.6 Å². The van der Waals surface area contributed by atoms with Crippen molar-refractivity contribution in [3.63, 3.8) is 0 Å². The summed E-state index contributed by atoms with van der Waals surface area (Å²) < 4.78 is 45.0. The number of guanidine groups is 1. The maximum atomic E-state index is 12.1. The number of benzene rings is 1. The van der Waals surface area contributed by atoms with Gasteiger partial charge in [0.15, 0.2) is 5.96 Å². The van der Waals surface area contributed by atoms with Crippen LogP contribution in [0.2, 0.25) is 0 Å². The molecule has 0 aliphatic heterocycles. The zero-order chi connectivity index (χ0) is 18.3. The minimum atomic E-state index is -4.70. The van der Waals surface area contributed by atoms with Crippen molar-refractivity contribution in [1.82, 2.24) is 10.3 Å². The molecule has 2 aromatic rings. The Morgan fingerprint density at radius 1 is 1.15 bits per heavy atom. The van der Waals surface area contributed by atoms with Crippen molar-refractivity contribution in [2.75, 3.05) is 7.11 Å². The van der Waals surface area contributed by atoms with E-state index >= 15 is 0 Å². The third-order valence-electron chi connectivity index (χ3n) is 3.07. The number of halogens is 4. The van der Waals surface area contributed by atoms with Crippen molar-refractivity contribution in [2.45, 2.75) is 19.5 Å². The predicted octanol–water partition coefficient (Wildman–Crippen LogP) is 3.21. The van der Waals surface area contributed by atoms with Gasteiger partial charge in [-0.15, -0.1) is 37.1 Å². The number of hydrogen-bond acceptors (Lipinski definition) is 4. The monoisotopic (exact) mass is 482 g/mol. The Balaban J connectivity index is 0.00000338. The van der Waals surface area contributed by atoms with Gasteiger partial charge < -0.3 is 20.5 Å². The maximum Gasteiger partial charge on any atom is 0.573 e. The first-order valence-corrected chi connectivity index (χ1v) is 7.23. The molecule has 0 saturated heterocycles. The second kappa shape index (κ2) is 10.0. The lowest BCUT2D eigenvalue weighted by atomic mass is 10.2. The summed E-state index contributed by atoms with van der Waals surface area (Å²) in [6, 6.07) is 9.03. The highest BCUT2D eigenvalue weighted by Gasteiger charge is 2.30. The molecule has 0 aliphatic carbocycles. The molecule has 0 atom stereocenters. The van der Waals surface area contributed by atoms with Crippen LogP contribution in [0.3, 0.4) is 0 Å². The summed E-state index contributed by atoms with van der Waals surface area (Å²) in [5, 5.41) is 2.88. The number of pyridine rings is 1. The molecule has 1 aromatic heterocycles. The van der Waals surface area contributed by atoms with Gasteiger partial charge in [-0.05, 0) is 23.3 Å². The van der Waals surface area contributed by atoms with Crippen LogP contribution in [0.4, 0.5) is 13.2 Å².